The van der Waals surface area contributed by atoms with Gasteiger partial charge in [0, 0.05) is 6.07 Å². The lowest BCUT2D eigenvalue weighted by Crippen LogP contribution is -2.31. The molecule has 1 unspecified atom stereocenters. The summed E-state index contributed by atoms with van der Waals surface area (Å²) in [7, 11) is 1.60. The normalized spacial score (nSPS) is 11.7. The number of methoxy groups -OCH3 is 1. The highest BCUT2D eigenvalue weighted by Gasteiger charge is 2.17. The smallest absolute Gasteiger partial charge is 0.266 e. The van der Waals surface area contributed by atoms with Crippen molar-refractivity contribution in [1.82, 2.24) is 9.78 Å². The summed E-state index contributed by atoms with van der Waals surface area (Å²) in [4.78, 5) is 12.6. The number of carbonyl (C=O) groups excluding carboxylic acids is 1. The zero-order valence-electron chi connectivity index (χ0n) is 15.7. The molecule has 27 heavy (non-hydrogen) atoms. The average molecular weight is 365 g/mol. The molecule has 1 N–H and O–H groups in total. The maximum absolute atomic E-state index is 12.6. The Kier molecular flexibility index (Phi) is 5.76. The molecule has 6 nitrogen and oxygen atoms in total. The maximum Gasteiger partial charge on any atom is 0.266 e. The minimum atomic E-state index is -0.654. The molecule has 0 saturated heterocycles. The van der Waals surface area contributed by atoms with Crippen molar-refractivity contribution in [1.29, 1.82) is 0 Å². The third-order valence-electron chi connectivity index (χ3n) is 4.07. The van der Waals surface area contributed by atoms with E-state index in [0.717, 1.165) is 17.0 Å². The quantitative estimate of drug-likeness (QED) is 0.694. The summed E-state index contributed by atoms with van der Waals surface area (Å²) in [6.45, 7) is 4.19. The van der Waals surface area contributed by atoms with E-state index < -0.39 is 6.10 Å². The molecule has 1 amide bonds. The van der Waals surface area contributed by atoms with Crippen molar-refractivity contribution in [2.24, 2.45) is 0 Å². The molecule has 6 heteroatoms. The topological polar surface area (TPSA) is 65.4 Å². The van der Waals surface area contributed by atoms with Crippen molar-refractivity contribution >= 4 is 11.7 Å². The Morgan fingerprint density at radius 3 is 2.44 bits per heavy atom. The van der Waals surface area contributed by atoms with Gasteiger partial charge in [-0.05, 0) is 43.7 Å². The molecule has 3 aromatic rings. The number of rotatable bonds is 7. The van der Waals surface area contributed by atoms with Crippen LogP contribution in [0, 0.1) is 6.92 Å². The fourth-order valence-electron chi connectivity index (χ4n) is 2.66. The van der Waals surface area contributed by atoms with Crippen molar-refractivity contribution in [3.63, 3.8) is 0 Å². The largest absolute Gasteiger partial charge is 0.497 e. The highest BCUT2D eigenvalue weighted by molar-refractivity contribution is 5.93. The number of hydrogen-bond acceptors (Lipinski definition) is 4. The summed E-state index contributed by atoms with van der Waals surface area (Å²) in [5.74, 6) is 1.75. The van der Waals surface area contributed by atoms with E-state index in [2.05, 4.69) is 10.4 Å². The predicted octanol–water partition coefficient (Wildman–Crippen LogP) is 3.65. The summed E-state index contributed by atoms with van der Waals surface area (Å²) in [6.07, 6.45) is -0.654. The molecule has 1 atom stereocenters. The molecule has 0 aliphatic rings. The number of aromatic nitrogens is 2. The Labute approximate surface area is 158 Å². The summed E-state index contributed by atoms with van der Waals surface area (Å²) in [5, 5.41) is 7.37. The fraction of sp³-hybridized carbons (Fsp3) is 0.238. The van der Waals surface area contributed by atoms with Crippen LogP contribution in [0.4, 0.5) is 5.82 Å². The van der Waals surface area contributed by atoms with Gasteiger partial charge in [0.05, 0.1) is 19.3 Å². The van der Waals surface area contributed by atoms with Crippen molar-refractivity contribution in [3.05, 3.63) is 71.9 Å². The summed E-state index contributed by atoms with van der Waals surface area (Å²) < 4.78 is 12.6. The highest BCUT2D eigenvalue weighted by atomic mass is 16.5. The van der Waals surface area contributed by atoms with E-state index >= 15 is 0 Å². The Balaban J connectivity index is 1.66. The summed E-state index contributed by atoms with van der Waals surface area (Å²) in [6, 6.07) is 19.0. The van der Waals surface area contributed by atoms with Gasteiger partial charge in [0.2, 0.25) is 0 Å². The average Bonchev–Trinajstić information content (AvgIpc) is 3.01. The maximum atomic E-state index is 12.6. The molecule has 2 aromatic carbocycles. The predicted molar refractivity (Wildman–Crippen MR) is 104 cm³/mol. The zero-order chi connectivity index (χ0) is 19.2. The van der Waals surface area contributed by atoms with E-state index in [4.69, 9.17) is 9.47 Å². The first kappa shape index (κ1) is 18.5. The first-order chi connectivity index (χ1) is 13.0. The molecule has 0 saturated carbocycles. The Hall–Kier alpha value is -3.28. The summed E-state index contributed by atoms with van der Waals surface area (Å²) in [5.41, 5.74) is 1.95. The van der Waals surface area contributed by atoms with Crippen LogP contribution in [-0.4, -0.2) is 28.9 Å². The van der Waals surface area contributed by atoms with Crippen molar-refractivity contribution in [2.75, 3.05) is 12.4 Å². The molecule has 140 valence electrons. The van der Waals surface area contributed by atoms with Gasteiger partial charge in [-0.3, -0.25) is 4.79 Å². The Bertz CT molecular complexity index is 889. The Morgan fingerprint density at radius 1 is 1.11 bits per heavy atom. The molecule has 1 aromatic heterocycles. The van der Waals surface area contributed by atoms with Gasteiger partial charge in [-0.2, -0.15) is 5.10 Å². The van der Waals surface area contributed by atoms with E-state index in [1.807, 2.05) is 43.3 Å². The number of nitrogens with one attached hydrogen (secondary N) is 1. The van der Waals surface area contributed by atoms with Crippen molar-refractivity contribution < 1.29 is 14.3 Å². The molecule has 0 aliphatic heterocycles. The molecular formula is C21H23N3O3. The third-order valence-corrected chi connectivity index (χ3v) is 4.07. The van der Waals surface area contributed by atoms with Crippen LogP contribution >= 0.6 is 0 Å². The lowest BCUT2D eigenvalue weighted by molar-refractivity contribution is -0.122. The summed E-state index contributed by atoms with van der Waals surface area (Å²) >= 11 is 0. The van der Waals surface area contributed by atoms with Crippen LogP contribution in [0.5, 0.6) is 11.5 Å². The second-order valence-electron chi connectivity index (χ2n) is 6.24. The van der Waals surface area contributed by atoms with Gasteiger partial charge >= 0.3 is 0 Å². The van der Waals surface area contributed by atoms with Gasteiger partial charge in [0.25, 0.3) is 5.91 Å². The zero-order valence-corrected chi connectivity index (χ0v) is 15.7. The van der Waals surface area contributed by atoms with E-state index in [1.165, 1.54) is 0 Å². The monoisotopic (exact) mass is 365 g/mol. The number of ether oxygens (including phenoxy) is 2. The van der Waals surface area contributed by atoms with Gasteiger partial charge in [-0.15, -0.1) is 0 Å². The molecule has 0 spiro atoms. The Morgan fingerprint density at radius 2 is 1.78 bits per heavy atom. The van der Waals surface area contributed by atoms with Crippen LogP contribution in [0.2, 0.25) is 0 Å². The molecule has 3 rings (SSSR count). The highest BCUT2D eigenvalue weighted by Crippen LogP contribution is 2.19. The molecule has 1 heterocycles. The molecule has 0 fully saturated rings. The number of carbonyl (C=O) groups is 1. The lowest BCUT2D eigenvalue weighted by atomic mass is 10.2. The molecule has 0 radical (unpaired) electrons. The number of nitrogens with zero attached hydrogens (tertiary/aromatic N) is 2. The molecular weight excluding hydrogens is 342 g/mol. The van der Waals surface area contributed by atoms with E-state index in [0.29, 0.717) is 18.1 Å². The molecule has 0 aliphatic carbocycles. The minimum absolute atomic E-state index is 0.236. The first-order valence-electron chi connectivity index (χ1n) is 8.75. The van der Waals surface area contributed by atoms with E-state index in [1.54, 1.807) is 43.0 Å². The van der Waals surface area contributed by atoms with Gasteiger partial charge in [-0.1, -0.05) is 30.3 Å². The van der Waals surface area contributed by atoms with Gasteiger partial charge in [-0.25, -0.2) is 4.68 Å². The SMILES string of the molecule is COc1ccc(OC(C)C(=O)Nc2cc(C)nn2Cc2ccccc2)cc1. The number of hydrogen-bond donors (Lipinski definition) is 1. The minimum Gasteiger partial charge on any atom is -0.497 e. The van der Waals surface area contributed by atoms with Gasteiger partial charge < -0.3 is 14.8 Å². The van der Waals surface area contributed by atoms with Crippen LogP contribution in [0.1, 0.15) is 18.2 Å². The first-order valence-corrected chi connectivity index (χ1v) is 8.75. The van der Waals surface area contributed by atoms with Crippen LogP contribution in [0.3, 0.4) is 0 Å². The van der Waals surface area contributed by atoms with Gasteiger partial charge in [0.15, 0.2) is 6.10 Å². The van der Waals surface area contributed by atoms with Crippen molar-refractivity contribution in [2.45, 2.75) is 26.5 Å². The standard InChI is InChI=1S/C21H23N3O3/c1-15-13-20(24(23-15)14-17-7-5-4-6-8-17)22-21(25)16(2)27-19-11-9-18(26-3)10-12-19/h4-13,16H,14H2,1-3H3,(H,22,25). The van der Waals surface area contributed by atoms with Crippen LogP contribution in [0.25, 0.3) is 0 Å². The number of anilines is 1. The second-order valence-corrected chi connectivity index (χ2v) is 6.24. The van der Waals surface area contributed by atoms with Crippen molar-refractivity contribution in [3.8, 4) is 11.5 Å². The van der Waals surface area contributed by atoms with E-state index in [-0.39, 0.29) is 5.91 Å². The number of amides is 1. The lowest BCUT2D eigenvalue weighted by Gasteiger charge is -2.15. The van der Waals surface area contributed by atoms with Crippen LogP contribution in [-0.2, 0) is 11.3 Å². The van der Waals surface area contributed by atoms with Gasteiger partial charge in [0.1, 0.15) is 17.3 Å². The second kappa shape index (κ2) is 8.40. The van der Waals surface area contributed by atoms with Crippen LogP contribution in [0.15, 0.2) is 60.7 Å². The molecule has 0 bridgehead atoms. The van der Waals surface area contributed by atoms with Crippen LogP contribution < -0.4 is 14.8 Å². The number of aryl methyl sites for hydroxylation is 1. The third kappa shape index (κ3) is 4.88. The fourth-order valence-corrected chi connectivity index (χ4v) is 2.66. The number of benzene rings is 2. The van der Waals surface area contributed by atoms with E-state index in [9.17, 15) is 4.79 Å².